The second kappa shape index (κ2) is 7.26. The number of amides is 1. The summed E-state index contributed by atoms with van der Waals surface area (Å²) in [7, 11) is 0. The van der Waals surface area contributed by atoms with Crippen molar-refractivity contribution in [1.29, 1.82) is 0 Å². The number of ether oxygens (including phenoxy) is 1. The molecule has 0 saturated carbocycles. The second-order valence-corrected chi connectivity index (χ2v) is 5.37. The maximum Gasteiger partial charge on any atom is 0.252 e. The van der Waals surface area contributed by atoms with Gasteiger partial charge in [0.1, 0.15) is 0 Å². The van der Waals surface area contributed by atoms with Crippen LogP contribution in [0, 0.1) is 18.8 Å². The minimum atomic E-state index is -0.108. The molecule has 0 aromatic heterocycles. The van der Waals surface area contributed by atoms with E-state index in [-0.39, 0.29) is 24.6 Å². The van der Waals surface area contributed by atoms with Gasteiger partial charge in [0.2, 0.25) is 0 Å². The van der Waals surface area contributed by atoms with Crippen LogP contribution in [0.25, 0.3) is 0 Å². The van der Waals surface area contributed by atoms with Crippen molar-refractivity contribution in [3.8, 4) is 11.8 Å². The summed E-state index contributed by atoms with van der Waals surface area (Å²) < 4.78 is 5.61. The molecule has 21 heavy (non-hydrogen) atoms. The van der Waals surface area contributed by atoms with Crippen molar-refractivity contribution in [1.82, 2.24) is 5.32 Å². The Kier molecular flexibility index (Phi) is 5.38. The lowest BCUT2D eigenvalue weighted by atomic mass is 10.0. The van der Waals surface area contributed by atoms with Crippen LogP contribution in [0.3, 0.4) is 0 Å². The maximum atomic E-state index is 12.5. The van der Waals surface area contributed by atoms with E-state index in [1.807, 2.05) is 32.0 Å². The van der Waals surface area contributed by atoms with Crippen LogP contribution >= 0.6 is 0 Å². The molecule has 4 nitrogen and oxygen atoms in total. The Labute approximate surface area is 126 Å². The summed E-state index contributed by atoms with van der Waals surface area (Å²) in [6.07, 6.45) is 2.16. The number of hydrogen-bond donors (Lipinski definition) is 2. The van der Waals surface area contributed by atoms with Crippen molar-refractivity contribution in [3.63, 3.8) is 0 Å². The van der Waals surface area contributed by atoms with Gasteiger partial charge in [-0.25, -0.2) is 0 Å². The lowest BCUT2D eigenvalue weighted by Gasteiger charge is -2.20. The van der Waals surface area contributed by atoms with Crippen LogP contribution in [0.1, 0.15) is 41.3 Å². The Morgan fingerprint density at radius 3 is 3.05 bits per heavy atom. The van der Waals surface area contributed by atoms with Crippen molar-refractivity contribution >= 4 is 5.91 Å². The lowest BCUT2D eigenvalue weighted by Crippen LogP contribution is -2.41. The van der Waals surface area contributed by atoms with E-state index in [0.717, 1.165) is 25.0 Å². The van der Waals surface area contributed by atoms with Gasteiger partial charge in [0, 0.05) is 12.2 Å². The van der Waals surface area contributed by atoms with Gasteiger partial charge < -0.3 is 15.8 Å². The third kappa shape index (κ3) is 4.07. The Balaban J connectivity index is 2.15. The van der Waals surface area contributed by atoms with Crippen LogP contribution < -0.4 is 11.1 Å². The quantitative estimate of drug-likeness (QED) is 0.830. The van der Waals surface area contributed by atoms with E-state index in [1.165, 1.54) is 0 Å². The minimum absolute atomic E-state index is 0.00386. The molecule has 0 spiro atoms. The van der Waals surface area contributed by atoms with E-state index < -0.39 is 0 Å². The molecule has 2 atom stereocenters. The Bertz CT molecular complexity index is 566. The fraction of sp³-hybridized carbons (Fsp3) is 0.471. The van der Waals surface area contributed by atoms with Crippen molar-refractivity contribution < 1.29 is 9.53 Å². The third-order valence-corrected chi connectivity index (χ3v) is 3.63. The number of rotatable bonds is 3. The number of nitrogens with two attached hydrogens (primary N) is 1. The van der Waals surface area contributed by atoms with Crippen molar-refractivity contribution in [2.24, 2.45) is 5.73 Å². The first kappa shape index (κ1) is 15.6. The average Bonchev–Trinajstić information content (AvgIpc) is 3.00. The smallest absolute Gasteiger partial charge is 0.252 e. The van der Waals surface area contributed by atoms with Crippen LogP contribution in [0.4, 0.5) is 0 Å². The average molecular weight is 286 g/mol. The van der Waals surface area contributed by atoms with Gasteiger partial charge in [0.05, 0.1) is 24.3 Å². The van der Waals surface area contributed by atoms with Crippen LogP contribution in [-0.4, -0.2) is 31.2 Å². The molecule has 2 unspecified atom stereocenters. The van der Waals surface area contributed by atoms with Gasteiger partial charge in [-0.15, -0.1) is 0 Å². The summed E-state index contributed by atoms with van der Waals surface area (Å²) in [5.74, 6) is 5.65. The van der Waals surface area contributed by atoms with Gasteiger partial charge in [0.15, 0.2) is 0 Å². The van der Waals surface area contributed by atoms with E-state index in [1.54, 1.807) is 0 Å². The van der Waals surface area contributed by atoms with Crippen molar-refractivity contribution in [3.05, 3.63) is 34.9 Å². The summed E-state index contributed by atoms with van der Waals surface area (Å²) in [5, 5.41) is 3.02. The van der Waals surface area contributed by atoms with E-state index >= 15 is 0 Å². The number of nitrogens with one attached hydrogen (secondary N) is 1. The number of carbonyl (C=O) groups is 1. The normalized spacial score (nSPS) is 18.7. The Morgan fingerprint density at radius 2 is 2.38 bits per heavy atom. The molecule has 1 amide bonds. The number of aryl methyl sites for hydroxylation is 1. The zero-order chi connectivity index (χ0) is 15.2. The summed E-state index contributed by atoms with van der Waals surface area (Å²) in [6.45, 7) is 5.00. The first-order valence-electron chi connectivity index (χ1n) is 7.34. The fourth-order valence-corrected chi connectivity index (χ4v) is 2.48. The second-order valence-electron chi connectivity index (χ2n) is 5.37. The highest BCUT2D eigenvalue weighted by atomic mass is 16.5. The predicted octanol–water partition coefficient (Wildman–Crippen LogP) is 1.60. The highest BCUT2D eigenvalue weighted by molar-refractivity contribution is 5.97. The highest BCUT2D eigenvalue weighted by Crippen LogP contribution is 2.17. The molecule has 0 aliphatic carbocycles. The minimum Gasteiger partial charge on any atom is -0.376 e. The molecule has 1 heterocycles. The van der Waals surface area contributed by atoms with Crippen LogP contribution in [-0.2, 0) is 4.74 Å². The first-order chi connectivity index (χ1) is 10.1. The molecule has 2 rings (SSSR count). The predicted molar refractivity (Wildman–Crippen MR) is 83.0 cm³/mol. The molecular weight excluding hydrogens is 264 g/mol. The largest absolute Gasteiger partial charge is 0.376 e. The van der Waals surface area contributed by atoms with Gasteiger partial charge in [-0.2, -0.15) is 0 Å². The van der Waals surface area contributed by atoms with Crippen LogP contribution in [0.15, 0.2) is 18.2 Å². The molecule has 0 radical (unpaired) electrons. The van der Waals surface area contributed by atoms with E-state index in [2.05, 4.69) is 17.2 Å². The zero-order valence-electron chi connectivity index (χ0n) is 12.6. The zero-order valence-corrected chi connectivity index (χ0v) is 12.6. The number of hydrogen-bond acceptors (Lipinski definition) is 3. The molecule has 1 aromatic carbocycles. The summed E-state index contributed by atoms with van der Waals surface area (Å²) in [5.41, 5.74) is 7.75. The molecule has 1 aliphatic heterocycles. The molecular formula is C17H22N2O2. The summed E-state index contributed by atoms with van der Waals surface area (Å²) >= 11 is 0. The van der Waals surface area contributed by atoms with Crippen LogP contribution in [0.2, 0.25) is 0 Å². The Morgan fingerprint density at radius 1 is 1.57 bits per heavy atom. The highest BCUT2D eigenvalue weighted by Gasteiger charge is 2.24. The van der Waals surface area contributed by atoms with Gasteiger partial charge in [-0.1, -0.05) is 23.5 Å². The van der Waals surface area contributed by atoms with Crippen molar-refractivity contribution in [2.45, 2.75) is 38.8 Å². The van der Waals surface area contributed by atoms with E-state index in [9.17, 15) is 4.79 Å². The molecule has 1 fully saturated rings. The molecule has 3 N–H and O–H groups in total. The van der Waals surface area contributed by atoms with Gasteiger partial charge in [0.25, 0.3) is 5.91 Å². The van der Waals surface area contributed by atoms with Crippen LogP contribution in [0.5, 0.6) is 0 Å². The maximum absolute atomic E-state index is 12.5. The lowest BCUT2D eigenvalue weighted by molar-refractivity contribution is 0.0712. The molecule has 0 bridgehead atoms. The van der Waals surface area contributed by atoms with Crippen molar-refractivity contribution in [2.75, 3.05) is 13.2 Å². The topological polar surface area (TPSA) is 64.4 Å². The van der Waals surface area contributed by atoms with Gasteiger partial charge >= 0.3 is 0 Å². The van der Waals surface area contributed by atoms with Gasteiger partial charge in [-0.3, -0.25) is 4.79 Å². The molecule has 4 heteroatoms. The van der Waals surface area contributed by atoms with E-state index in [4.69, 9.17) is 10.5 Å². The van der Waals surface area contributed by atoms with Gasteiger partial charge in [-0.05, 0) is 38.8 Å². The SMILES string of the molecule is Cc1ccc(C#CCN)c(C(=O)NC(C)C2CCCO2)c1. The number of benzene rings is 1. The molecule has 1 saturated heterocycles. The monoisotopic (exact) mass is 286 g/mol. The van der Waals surface area contributed by atoms with E-state index in [0.29, 0.717) is 11.1 Å². The molecule has 1 aliphatic rings. The summed E-state index contributed by atoms with van der Waals surface area (Å²) in [4.78, 5) is 12.5. The standard InChI is InChI=1S/C17H22N2O2/c1-12-7-8-14(5-3-9-18)15(11-12)17(20)19-13(2)16-6-4-10-21-16/h7-8,11,13,16H,4,6,9-10,18H2,1-2H3,(H,19,20). The Hall–Kier alpha value is -1.83. The number of carbonyl (C=O) groups excluding carboxylic acids is 1. The molecule has 112 valence electrons. The first-order valence-corrected chi connectivity index (χ1v) is 7.34. The fourth-order valence-electron chi connectivity index (χ4n) is 2.48. The summed E-state index contributed by atoms with van der Waals surface area (Å²) in [6, 6.07) is 5.67. The molecule has 1 aromatic rings. The third-order valence-electron chi connectivity index (χ3n) is 3.63.